The summed E-state index contributed by atoms with van der Waals surface area (Å²) >= 11 is 1.42. The molecule has 6 nitrogen and oxygen atoms in total. The Hall–Kier alpha value is -2.28. The summed E-state index contributed by atoms with van der Waals surface area (Å²) < 4.78 is 0. The van der Waals surface area contributed by atoms with Crippen molar-refractivity contribution in [3.63, 3.8) is 0 Å². The Balaban J connectivity index is 1.65. The molecule has 120 valence electrons. The van der Waals surface area contributed by atoms with E-state index in [4.69, 9.17) is 0 Å². The van der Waals surface area contributed by atoms with Crippen LogP contribution in [-0.4, -0.2) is 28.4 Å². The fourth-order valence-electron chi connectivity index (χ4n) is 2.33. The number of aryl methyl sites for hydroxylation is 1. The molecule has 3 rings (SSSR count). The number of rotatable bonds is 5. The minimum Gasteiger partial charge on any atom is -0.296 e. The van der Waals surface area contributed by atoms with Gasteiger partial charge in [0.05, 0.1) is 5.69 Å². The molecule has 1 aliphatic rings. The smallest absolute Gasteiger partial charge is 0.257 e. The molecule has 2 heterocycles. The van der Waals surface area contributed by atoms with Crippen LogP contribution in [0.2, 0.25) is 0 Å². The van der Waals surface area contributed by atoms with E-state index in [0.29, 0.717) is 10.7 Å². The zero-order valence-corrected chi connectivity index (χ0v) is 14.1. The van der Waals surface area contributed by atoms with Crippen LogP contribution in [-0.2, 0) is 6.42 Å². The number of benzene rings is 1. The van der Waals surface area contributed by atoms with Gasteiger partial charge in [0.25, 0.3) is 5.91 Å². The molecule has 7 heteroatoms. The van der Waals surface area contributed by atoms with E-state index in [-0.39, 0.29) is 5.91 Å². The second-order valence-corrected chi connectivity index (χ2v) is 6.52. The third-order valence-corrected chi connectivity index (χ3v) is 4.45. The van der Waals surface area contributed by atoms with Crippen LogP contribution in [0.15, 0.2) is 29.4 Å². The van der Waals surface area contributed by atoms with Crippen molar-refractivity contribution in [1.29, 1.82) is 0 Å². The summed E-state index contributed by atoms with van der Waals surface area (Å²) in [6, 6.07) is 7.45. The average Bonchev–Trinajstić information content (AvgIpc) is 3.17. The van der Waals surface area contributed by atoms with Gasteiger partial charge in [0.15, 0.2) is 0 Å². The van der Waals surface area contributed by atoms with E-state index < -0.39 is 0 Å². The summed E-state index contributed by atoms with van der Waals surface area (Å²) in [6.45, 7) is 5.01. The van der Waals surface area contributed by atoms with Gasteiger partial charge in [0, 0.05) is 30.7 Å². The van der Waals surface area contributed by atoms with Gasteiger partial charge >= 0.3 is 0 Å². The van der Waals surface area contributed by atoms with Crippen molar-refractivity contribution >= 4 is 33.8 Å². The largest absolute Gasteiger partial charge is 0.296 e. The van der Waals surface area contributed by atoms with Crippen molar-refractivity contribution in [3.8, 4) is 0 Å². The molecule has 1 aliphatic heterocycles. The Kier molecular flexibility index (Phi) is 4.66. The standard InChI is InChI=1S/C16H19N5OS/c1-3-4-14-18-19-16(23-14)17-15(22)12-5-7-13(8-6-12)21-10-9-11(2)20-21/h5-8H,3-4,9-10H2,1-2H3,(H,17,19,22). The lowest BCUT2D eigenvalue weighted by molar-refractivity contribution is 0.102. The van der Waals surface area contributed by atoms with Crippen LogP contribution >= 0.6 is 11.3 Å². The molecule has 23 heavy (non-hydrogen) atoms. The molecule has 0 aliphatic carbocycles. The van der Waals surface area contributed by atoms with E-state index in [1.54, 1.807) is 0 Å². The second-order valence-electron chi connectivity index (χ2n) is 5.46. The number of hydrazone groups is 1. The summed E-state index contributed by atoms with van der Waals surface area (Å²) in [7, 11) is 0. The van der Waals surface area contributed by atoms with Crippen LogP contribution in [0.1, 0.15) is 42.1 Å². The van der Waals surface area contributed by atoms with E-state index in [2.05, 4.69) is 27.5 Å². The van der Waals surface area contributed by atoms with E-state index in [1.807, 2.05) is 36.2 Å². The monoisotopic (exact) mass is 329 g/mol. The Labute approximate surface area is 139 Å². The summed E-state index contributed by atoms with van der Waals surface area (Å²) in [5.74, 6) is -0.170. The minimum atomic E-state index is -0.170. The van der Waals surface area contributed by atoms with Crippen LogP contribution < -0.4 is 10.3 Å². The van der Waals surface area contributed by atoms with Gasteiger partial charge in [-0.3, -0.25) is 15.1 Å². The van der Waals surface area contributed by atoms with Gasteiger partial charge in [-0.2, -0.15) is 5.10 Å². The molecule has 1 amide bonds. The van der Waals surface area contributed by atoms with Gasteiger partial charge in [0.1, 0.15) is 5.01 Å². The molecule has 0 unspecified atom stereocenters. The van der Waals surface area contributed by atoms with Gasteiger partial charge in [-0.1, -0.05) is 18.3 Å². The molecule has 1 N–H and O–H groups in total. The Morgan fingerprint density at radius 1 is 1.30 bits per heavy atom. The number of carbonyl (C=O) groups is 1. The Bertz CT molecular complexity index is 722. The van der Waals surface area contributed by atoms with E-state index in [9.17, 15) is 4.79 Å². The maximum absolute atomic E-state index is 12.3. The van der Waals surface area contributed by atoms with Crippen molar-refractivity contribution in [1.82, 2.24) is 10.2 Å². The molecule has 0 fully saturated rings. The maximum Gasteiger partial charge on any atom is 0.257 e. The topological polar surface area (TPSA) is 70.5 Å². The lowest BCUT2D eigenvalue weighted by Gasteiger charge is -2.13. The third-order valence-electron chi connectivity index (χ3n) is 3.56. The van der Waals surface area contributed by atoms with Crippen molar-refractivity contribution in [2.45, 2.75) is 33.1 Å². The van der Waals surface area contributed by atoms with E-state index in [1.165, 1.54) is 11.3 Å². The summed E-state index contributed by atoms with van der Waals surface area (Å²) in [6.07, 6.45) is 2.89. The van der Waals surface area contributed by atoms with Gasteiger partial charge in [0.2, 0.25) is 5.13 Å². The van der Waals surface area contributed by atoms with Crippen LogP contribution in [0.4, 0.5) is 10.8 Å². The van der Waals surface area contributed by atoms with Crippen LogP contribution in [0.25, 0.3) is 0 Å². The van der Waals surface area contributed by atoms with Crippen LogP contribution in [0.3, 0.4) is 0 Å². The van der Waals surface area contributed by atoms with E-state index >= 15 is 0 Å². The average molecular weight is 329 g/mol. The molecule has 1 aromatic heterocycles. The van der Waals surface area contributed by atoms with Crippen molar-refractivity contribution in [2.75, 3.05) is 16.9 Å². The quantitative estimate of drug-likeness (QED) is 0.913. The number of nitrogens with zero attached hydrogens (tertiary/aromatic N) is 4. The summed E-state index contributed by atoms with van der Waals surface area (Å²) in [5.41, 5.74) is 2.73. The van der Waals surface area contributed by atoms with Crippen LogP contribution in [0.5, 0.6) is 0 Å². The van der Waals surface area contributed by atoms with Crippen LogP contribution in [0, 0.1) is 0 Å². The van der Waals surface area contributed by atoms with E-state index in [0.717, 1.165) is 42.2 Å². The fourth-order valence-corrected chi connectivity index (χ4v) is 3.17. The molecular formula is C16H19N5OS. The van der Waals surface area contributed by atoms with Gasteiger partial charge in [-0.25, -0.2) is 0 Å². The van der Waals surface area contributed by atoms with Crippen molar-refractivity contribution in [3.05, 3.63) is 34.8 Å². The molecule has 1 aromatic carbocycles. The summed E-state index contributed by atoms with van der Waals surface area (Å²) in [4.78, 5) is 12.3. The lowest BCUT2D eigenvalue weighted by Crippen LogP contribution is -2.14. The molecule has 0 atom stereocenters. The number of hydrogen-bond acceptors (Lipinski definition) is 6. The first-order chi connectivity index (χ1) is 11.2. The molecular weight excluding hydrogens is 310 g/mol. The van der Waals surface area contributed by atoms with Gasteiger partial charge in [-0.15, -0.1) is 10.2 Å². The molecule has 0 bridgehead atoms. The molecule has 0 spiro atoms. The van der Waals surface area contributed by atoms with Gasteiger partial charge < -0.3 is 0 Å². The number of carbonyl (C=O) groups excluding carboxylic acids is 1. The first-order valence-corrected chi connectivity index (χ1v) is 8.53. The van der Waals surface area contributed by atoms with Crippen molar-refractivity contribution in [2.24, 2.45) is 5.10 Å². The second kappa shape index (κ2) is 6.87. The summed E-state index contributed by atoms with van der Waals surface area (Å²) in [5, 5.41) is 18.8. The number of aromatic nitrogens is 2. The highest BCUT2D eigenvalue weighted by atomic mass is 32.1. The van der Waals surface area contributed by atoms with Crippen molar-refractivity contribution < 1.29 is 4.79 Å². The minimum absolute atomic E-state index is 0.170. The van der Waals surface area contributed by atoms with Gasteiger partial charge in [-0.05, 0) is 37.6 Å². The zero-order valence-electron chi connectivity index (χ0n) is 13.2. The zero-order chi connectivity index (χ0) is 16.2. The fraction of sp³-hybridized carbons (Fsp3) is 0.375. The molecule has 0 saturated carbocycles. The first-order valence-electron chi connectivity index (χ1n) is 7.71. The third kappa shape index (κ3) is 3.73. The Morgan fingerprint density at radius 2 is 2.09 bits per heavy atom. The maximum atomic E-state index is 12.3. The number of nitrogens with one attached hydrogen (secondary N) is 1. The SMILES string of the molecule is CCCc1nnc(NC(=O)c2ccc(N3CCC(C)=N3)cc2)s1. The Morgan fingerprint density at radius 3 is 2.74 bits per heavy atom. The molecule has 2 aromatic rings. The highest BCUT2D eigenvalue weighted by molar-refractivity contribution is 7.15. The highest BCUT2D eigenvalue weighted by Crippen LogP contribution is 2.21. The molecule has 0 radical (unpaired) electrons. The predicted molar refractivity (Wildman–Crippen MR) is 93.4 cm³/mol. The predicted octanol–water partition coefficient (Wildman–Crippen LogP) is 3.33. The number of hydrogen-bond donors (Lipinski definition) is 1. The highest BCUT2D eigenvalue weighted by Gasteiger charge is 2.14. The number of amides is 1. The lowest BCUT2D eigenvalue weighted by atomic mass is 10.2. The normalized spacial score (nSPS) is 14.0. The first kappa shape index (κ1) is 15.6. The molecule has 0 saturated heterocycles. The number of anilines is 2.